The van der Waals surface area contributed by atoms with Gasteiger partial charge in [-0.2, -0.15) is 0 Å². The molecule has 0 fully saturated rings. The van der Waals surface area contributed by atoms with Crippen LogP contribution < -0.4 is 4.90 Å². The maximum Gasteiger partial charge on any atom is 0.181 e. The summed E-state index contributed by atoms with van der Waals surface area (Å²) >= 11 is 0. The minimum atomic E-state index is 0.182. The largest absolute Gasteiger partial charge is 0.506 e. The zero-order valence-corrected chi connectivity index (χ0v) is 14.2. The molecule has 2 aromatic carbocycles. The second-order valence-corrected chi connectivity index (χ2v) is 6.10. The summed E-state index contributed by atoms with van der Waals surface area (Å²) in [4.78, 5) is 8.85. The molecule has 0 radical (unpaired) electrons. The Kier molecular flexibility index (Phi) is 3.65. The molecule has 1 aliphatic heterocycles. The quantitative estimate of drug-likeness (QED) is 0.798. The summed E-state index contributed by atoms with van der Waals surface area (Å²) in [5.41, 5.74) is 2.66. The van der Waals surface area contributed by atoms with Gasteiger partial charge in [0, 0.05) is 30.7 Å². The van der Waals surface area contributed by atoms with Gasteiger partial charge in [0.05, 0.1) is 6.67 Å². The van der Waals surface area contributed by atoms with Crippen molar-refractivity contribution in [3.05, 3.63) is 66.8 Å². The van der Waals surface area contributed by atoms with Crippen molar-refractivity contribution in [2.45, 2.75) is 6.92 Å². The van der Waals surface area contributed by atoms with Gasteiger partial charge >= 0.3 is 0 Å². The van der Waals surface area contributed by atoms with Crippen molar-refractivity contribution in [1.29, 1.82) is 0 Å². The topological polar surface area (TPSA) is 57.4 Å². The van der Waals surface area contributed by atoms with Crippen LogP contribution >= 0.6 is 0 Å². The van der Waals surface area contributed by atoms with Crippen molar-refractivity contribution >= 4 is 5.69 Å². The molecule has 0 saturated carbocycles. The number of rotatable bonds is 3. The minimum Gasteiger partial charge on any atom is -0.506 e. The number of anilines is 1. The van der Waals surface area contributed by atoms with Crippen molar-refractivity contribution in [1.82, 2.24) is 19.7 Å². The first kappa shape index (κ1) is 15.3. The van der Waals surface area contributed by atoms with Crippen molar-refractivity contribution in [3.8, 4) is 22.8 Å². The van der Waals surface area contributed by atoms with Crippen LogP contribution in [0.2, 0.25) is 0 Å². The van der Waals surface area contributed by atoms with Gasteiger partial charge in [0.1, 0.15) is 17.3 Å². The van der Waals surface area contributed by atoms with E-state index in [1.54, 1.807) is 16.8 Å². The SMILES string of the molecule is Cc1nc(-c2cccc(N3C=CN(C)C3)c2)nn1-c1ccccc1O. The van der Waals surface area contributed by atoms with Gasteiger partial charge in [0.15, 0.2) is 5.82 Å². The average Bonchev–Trinajstić information content (AvgIpc) is 3.22. The minimum absolute atomic E-state index is 0.182. The predicted octanol–water partition coefficient (Wildman–Crippen LogP) is 3.13. The van der Waals surface area contributed by atoms with Gasteiger partial charge in [-0.05, 0) is 31.2 Å². The first-order chi connectivity index (χ1) is 12.1. The van der Waals surface area contributed by atoms with E-state index in [1.807, 2.05) is 44.4 Å². The zero-order chi connectivity index (χ0) is 17.4. The van der Waals surface area contributed by atoms with Gasteiger partial charge in [-0.3, -0.25) is 0 Å². The molecule has 1 aromatic heterocycles. The van der Waals surface area contributed by atoms with E-state index < -0.39 is 0 Å². The smallest absolute Gasteiger partial charge is 0.181 e. The molecule has 1 N–H and O–H groups in total. The van der Waals surface area contributed by atoms with Crippen LogP contribution in [0.4, 0.5) is 5.69 Å². The van der Waals surface area contributed by atoms with Crippen molar-refractivity contribution in [2.75, 3.05) is 18.6 Å². The van der Waals surface area contributed by atoms with E-state index in [-0.39, 0.29) is 5.75 Å². The summed E-state index contributed by atoms with van der Waals surface area (Å²) < 4.78 is 1.67. The van der Waals surface area contributed by atoms with Gasteiger partial charge in [-0.25, -0.2) is 9.67 Å². The molecule has 0 bridgehead atoms. The first-order valence-corrected chi connectivity index (χ1v) is 8.09. The normalized spacial score (nSPS) is 13.7. The Balaban J connectivity index is 1.71. The van der Waals surface area contributed by atoms with Crippen molar-refractivity contribution in [3.63, 3.8) is 0 Å². The third-order valence-electron chi connectivity index (χ3n) is 4.19. The fraction of sp³-hybridized carbons (Fsp3) is 0.158. The molecule has 0 aliphatic carbocycles. The lowest BCUT2D eigenvalue weighted by Crippen LogP contribution is -2.21. The van der Waals surface area contributed by atoms with Gasteiger partial charge in [-0.1, -0.05) is 24.3 Å². The zero-order valence-electron chi connectivity index (χ0n) is 14.2. The van der Waals surface area contributed by atoms with Gasteiger partial charge in [0.2, 0.25) is 0 Å². The molecule has 25 heavy (non-hydrogen) atoms. The summed E-state index contributed by atoms with van der Waals surface area (Å²) in [7, 11) is 2.04. The predicted molar refractivity (Wildman–Crippen MR) is 97.4 cm³/mol. The lowest BCUT2D eigenvalue weighted by atomic mass is 10.2. The standard InChI is InChI=1S/C19H19N5O/c1-14-20-19(21-24(14)17-8-3-4-9-18(17)25)15-6-5-7-16(12-15)23-11-10-22(2)13-23/h3-12,25H,13H2,1-2H3. The number of hydrogen-bond donors (Lipinski definition) is 1. The summed E-state index contributed by atoms with van der Waals surface area (Å²) in [6, 6.07) is 15.3. The number of hydrogen-bond acceptors (Lipinski definition) is 5. The maximum absolute atomic E-state index is 10.1. The molecule has 4 rings (SSSR count). The van der Waals surface area contributed by atoms with Crippen molar-refractivity contribution < 1.29 is 5.11 Å². The Morgan fingerprint density at radius 2 is 1.88 bits per heavy atom. The monoisotopic (exact) mass is 333 g/mol. The second-order valence-electron chi connectivity index (χ2n) is 6.10. The van der Waals surface area contributed by atoms with E-state index in [9.17, 15) is 5.11 Å². The number of aromatic hydroxyl groups is 1. The Morgan fingerprint density at radius 3 is 2.64 bits per heavy atom. The first-order valence-electron chi connectivity index (χ1n) is 8.09. The highest BCUT2D eigenvalue weighted by Crippen LogP contribution is 2.27. The summed E-state index contributed by atoms with van der Waals surface area (Å²) in [6.07, 6.45) is 4.10. The fourth-order valence-corrected chi connectivity index (χ4v) is 2.90. The van der Waals surface area contributed by atoms with E-state index in [2.05, 4.69) is 38.2 Å². The van der Waals surface area contributed by atoms with Crippen molar-refractivity contribution in [2.24, 2.45) is 0 Å². The Labute approximate surface area is 146 Å². The van der Waals surface area contributed by atoms with E-state index >= 15 is 0 Å². The number of phenols is 1. The lowest BCUT2D eigenvalue weighted by molar-refractivity contribution is 0.470. The average molecular weight is 333 g/mol. The molecule has 0 spiro atoms. The second kappa shape index (κ2) is 5.98. The van der Waals surface area contributed by atoms with Gasteiger partial charge in [-0.15, -0.1) is 5.10 Å². The molecule has 1 aliphatic rings. The van der Waals surface area contributed by atoms with E-state index in [0.29, 0.717) is 11.5 Å². The van der Waals surface area contributed by atoms with Crippen LogP contribution in [0, 0.1) is 6.92 Å². The summed E-state index contributed by atoms with van der Waals surface area (Å²) in [5.74, 6) is 1.54. The van der Waals surface area contributed by atoms with Crippen LogP contribution in [-0.4, -0.2) is 38.5 Å². The highest BCUT2D eigenvalue weighted by Gasteiger charge is 2.15. The molecule has 0 amide bonds. The molecule has 2 heterocycles. The molecular weight excluding hydrogens is 314 g/mol. The molecule has 6 nitrogen and oxygen atoms in total. The lowest BCUT2D eigenvalue weighted by Gasteiger charge is -2.18. The van der Waals surface area contributed by atoms with Crippen LogP contribution in [0.3, 0.4) is 0 Å². The number of aromatic nitrogens is 3. The van der Waals surface area contributed by atoms with E-state index in [1.165, 1.54) is 0 Å². The van der Waals surface area contributed by atoms with E-state index in [4.69, 9.17) is 0 Å². The summed E-state index contributed by atoms with van der Waals surface area (Å²) in [5, 5.41) is 14.7. The maximum atomic E-state index is 10.1. The number of benzene rings is 2. The van der Waals surface area contributed by atoms with Gasteiger partial charge < -0.3 is 14.9 Å². The van der Waals surface area contributed by atoms with Crippen LogP contribution in [0.5, 0.6) is 5.75 Å². The van der Waals surface area contributed by atoms with Crippen LogP contribution in [0.1, 0.15) is 5.82 Å². The Hall–Kier alpha value is -3.28. The number of phenolic OH excluding ortho intramolecular Hbond substituents is 1. The highest BCUT2D eigenvalue weighted by atomic mass is 16.3. The molecule has 126 valence electrons. The van der Waals surface area contributed by atoms with E-state index in [0.717, 1.165) is 23.7 Å². The number of nitrogens with zero attached hydrogens (tertiary/aromatic N) is 5. The molecule has 0 unspecified atom stereocenters. The fourth-order valence-electron chi connectivity index (χ4n) is 2.90. The highest BCUT2D eigenvalue weighted by molar-refractivity contribution is 5.64. The number of para-hydroxylation sites is 2. The molecular formula is C19H19N5O. The molecule has 6 heteroatoms. The Bertz CT molecular complexity index is 946. The van der Waals surface area contributed by atoms with Crippen LogP contribution in [0.15, 0.2) is 60.9 Å². The molecule has 0 atom stereocenters. The Morgan fingerprint density at radius 1 is 1.04 bits per heavy atom. The van der Waals surface area contributed by atoms with Crippen LogP contribution in [0.25, 0.3) is 17.1 Å². The van der Waals surface area contributed by atoms with Gasteiger partial charge in [0.25, 0.3) is 0 Å². The third kappa shape index (κ3) is 2.82. The summed E-state index contributed by atoms with van der Waals surface area (Å²) in [6.45, 7) is 2.70. The molecule has 0 saturated heterocycles. The number of aryl methyl sites for hydroxylation is 1. The molecule has 3 aromatic rings. The van der Waals surface area contributed by atoms with Crippen LogP contribution in [-0.2, 0) is 0 Å². The third-order valence-corrected chi connectivity index (χ3v) is 4.19.